The van der Waals surface area contributed by atoms with Crippen LogP contribution in [0.5, 0.6) is 0 Å². The molecule has 5 aliphatic carbocycles. The second kappa shape index (κ2) is 13.1. The molecule has 0 heterocycles. The number of carboxylic acids is 1. The van der Waals surface area contributed by atoms with Gasteiger partial charge in [0, 0.05) is 5.41 Å². The molecular formula is C42H68N2O7. The summed E-state index contributed by atoms with van der Waals surface area (Å²) in [6.45, 7) is 27.8. The second-order valence-electron chi connectivity index (χ2n) is 20.7. The van der Waals surface area contributed by atoms with Gasteiger partial charge in [0.15, 0.2) is 0 Å². The van der Waals surface area contributed by atoms with Crippen molar-refractivity contribution in [1.82, 2.24) is 10.9 Å². The molecule has 9 heteroatoms. The van der Waals surface area contributed by atoms with E-state index in [1.54, 1.807) is 20.8 Å². The number of fused-ring (bicyclic) bond motifs is 7. The lowest BCUT2D eigenvalue weighted by Crippen LogP contribution is -2.67. The number of hydrogen-bond acceptors (Lipinski definition) is 6. The second-order valence-corrected chi connectivity index (χ2v) is 20.7. The van der Waals surface area contributed by atoms with Crippen LogP contribution < -0.4 is 10.9 Å². The molecule has 0 spiro atoms. The van der Waals surface area contributed by atoms with Gasteiger partial charge in [0.2, 0.25) is 5.91 Å². The Balaban J connectivity index is 1.38. The standard InChI is InChI=1S/C42H68N2O7/c1-25(2)26-15-20-42(34(48)43-44-35(49)51-36(3,4)5)22-21-40(11)27(33(26)42)13-14-29-39(10)18-17-30(38(8,9)28(39)16-19-41(29,40)12)50-32(47)24-37(6,7)23-31(45)46/h26-30,33H,1,13-24H2,2-12H3,(H,43,48)(H,44,49)(H,45,46)/t26-,27?,28?,29?,30-,33?,39-,40+,41+,42-/m0/s1. The maximum Gasteiger partial charge on any atom is 0.426 e. The first kappa shape index (κ1) is 39.6. The maximum atomic E-state index is 14.2. The largest absolute Gasteiger partial charge is 0.481 e. The average molecular weight is 713 g/mol. The van der Waals surface area contributed by atoms with E-state index < -0.39 is 28.5 Å². The fourth-order valence-electron chi connectivity index (χ4n) is 13.3. The van der Waals surface area contributed by atoms with Crippen molar-refractivity contribution in [3.8, 4) is 0 Å². The molecule has 9 nitrogen and oxygen atoms in total. The predicted molar refractivity (Wildman–Crippen MR) is 197 cm³/mol. The third-order valence-electron chi connectivity index (χ3n) is 15.7. The smallest absolute Gasteiger partial charge is 0.426 e. The molecular weight excluding hydrogens is 644 g/mol. The Kier molecular flexibility index (Phi) is 10.2. The summed E-state index contributed by atoms with van der Waals surface area (Å²) >= 11 is 0. The highest BCUT2D eigenvalue weighted by Gasteiger charge is 2.72. The summed E-state index contributed by atoms with van der Waals surface area (Å²) in [5, 5.41) is 9.33. The Morgan fingerprint density at radius 2 is 1.45 bits per heavy atom. The lowest BCUT2D eigenvalue weighted by molar-refractivity contribution is -0.249. The number of hydrazine groups is 1. The van der Waals surface area contributed by atoms with Crippen molar-refractivity contribution in [1.29, 1.82) is 0 Å². The van der Waals surface area contributed by atoms with E-state index in [-0.39, 0.29) is 64.3 Å². The summed E-state index contributed by atoms with van der Waals surface area (Å²) < 4.78 is 11.7. The Morgan fingerprint density at radius 3 is 2.06 bits per heavy atom. The summed E-state index contributed by atoms with van der Waals surface area (Å²) in [5.74, 6) is 0.403. The SMILES string of the molecule is C=C(C)[C@@H]1CC[C@]2(C(=O)NNC(=O)OC(C)(C)C)CC[C@]3(C)C(CCC4[C@@]5(C)CC[C@H](OC(=O)CC(C)(C)CC(=O)O)C(C)(C)C5CC[C@]43C)C12. The van der Waals surface area contributed by atoms with Crippen LogP contribution in [0.2, 0.25) is 0 Å². The Bertz CT molecular complexity index is 1430. The van der Waals surface area contributed by atoms with E-state index in [4.69, 9.17) is 9.47 Å². The molecule has 10 atom stereocenters. The number of carboxylic acid groups (broad SMARTS) is 1. The van der Waals surface area contributed by atoms with E-state index in [0.717, 1.165) is 69.8 Å². The number of nitrogens with one attached hydrogen (secondary N) is 2. The minimum Gasteiger partial charge on any atom is -0.481 e. The number of amides is 2. The van der Waals surface area contributed by atoms with Crippen LogP contribution in [0.3, 0.4) is 0 Å². The first-order valence-corrected chi connectivity index (χ1v) is 19.7. The summed E-state index contributed by atoms with van der Waals surface area (Å²) in [6.07, 6.45) is 8.84. The monoisotopic (exact) mass is 713 g/mol. The number of carbonyl (C=O) groups excluding carboxylic acids is 3. The van der Waals surface area contributed by atoms with E-state index in [9.17, 15) is 24.3 Å². The fraction of sp³-hybridized carbons (Fsp3) is 0.857. The fourth-order valence-corrected chi connectivity index (χ4v) is 13.3. The van der Waals surface area contributed by atoms with Crippen molar-refractivity contribution < 1.29 is 33.8 Å². The van der Waals surface area contributed by atoms with Gasteiger partial charge in [-0.05, 0) is 143 Å². The van der Waals surface area contributed by atoms with Gasteiger partial charge in [-0.15, -0.1) is 0 Å². The van der Waals surface area contributed by atoms with E-state index in [2.05, 4.69) is 59.0 Å². The van der Waals surface area contributed by atoms with Crippen LogP contribution >= 0.6 is 0 Å². The minimum atomic E-state index is -0.902. The zero-order chi connectivity index (χ0) is 38.2. The topological polar surface area (TPSA) is 131 Å². The van der Waals surface area contributed by atoms with Crippen molar-refractivity contribution in [3.63, 3.8) is 0 Å². The van der Waals surface area contributed by atoms with Crippen LogP contribution in [0.1, 0.15) is 153 Å². The number of ether oxygens (including phenoxy) is 2. The van der Waals surface area contributed by atoms with Crippen LogP contribution in [0.4, 0.5) is 4.79 Å². The normalized spacial score (nSPS) is 40.0. The van der Waals surface area contributed by atoms with Crippen LogP contribution in [0.15, 0.2) is 12.2 Å². The van der Waals surface area contributed by atoms with Crippen molar-refractivity contribution in [3.05, 3.63) is 12.2 Å². The van der Waals surface area contributed by atoms with E-state index in [1.807, 2.05) is 13.8 Å². The van der Waals surface area contributed by atoms with Crippen LogP contribution in [-0.2, 0) is 23.9 Å². The van der Waals surface area contributed by atoms with Gasteiger partial charge in [-0.2, -0.15) is 0 Å². The molecule has 51 heavy (non-hydrogen) atoms. The number of hydrogen-bond donors (Lipinski definition) is 3. The molecule has 3 N–H and O–H groups in total. The Morgan fingerprint density at radius 1 is 0.784 bits per heavy atom. The third kappa shape index (κ3) is 6.75. The molecule has 5 fully saturated rings. The van der Waals surface area contributed by atoms with Gasteiger partial charge in [0.05, 0.1) is 18.3 Å². The highest BCUT2D eigenvalue weighted by molar-refractivity contribution is 5.85. The van der Waals surface area contributed by atoms with Crippen molar-refractivity contribution >= 4 is 23.9 Å². The van der Waals surface area contributed by atoms with Gasteiger partial charge in [-0.1, -0.05) is 60.6 Å². The molecule has 5 rings (SSSR count). The summed E-state index contributed by atoms with van der Waals surface area (Å²) in [5.41, 5.74) is 4.64. The molecule has 4 unspecified atom stereocenters. The van der Waals surface area contributed by atoms with Crippen molar-refractivity contribution in [2.45, 2.75) is 165 Å². The first-order chi connectivity index (χ1) is 23.3. The maximum absolute atomic E-state index is 14.2. The Hall–Kier alpha value is -2.58. The Labute approximate surface area is 307 Å². The van der Waals surface area contributed by atoms with E-state index in [0.29, 0.717) is 17.8 Å². The first-order valence-electron chi connectivity index (χ1n) is 19.7. The summed E-state index contributed by atoms with van der Waals surface area (Å²) in [4.78, 5) is 51.4. The van der Waals surface area contributed by atoms with Gasteiger partial charge in [0.25, 0.3) is 0 Å². The molecule has 2 amide bonds. The van der Waals surface area contributed by atoms with Crippen LogP contribution in [0, 0.1) is 62.1 Å². The zero-order valence-corrected chi connectivity index (χ0v) is 33.6. The average Bonchev–Trinajstić information content (AvgIpc) is 3.37. The molecule has 0 aromatic rings. The molecule has 288 valence electrons. The predicted octanol–water partition coefficient (Wildman–Crippen LogP) is 9.00. The molecule has 0 aromatic carbocycles. The minimum absolute atomic E-state index is 0.0398. The molecule has 5 aliphatic rings. The number of carbonyl (C=O) groups is 4. The number of allylic oxidation sites excluding steroid dienone is 1. The highest BCUT2D eigenvalue weighted by atomic mass is 16.6. The van der Waals surface area contributed by atoms with Crippen molar-refractivity contribution in [2.24, 2.45) is 62.1 Å². The molecule has 0 bridgehead atoms. The molecule has 5 saturated carbocycles. The van der Waals surface area contributed by atoms with E-state index in [1.165, 1.54) is 0 Å². The summed E-state index contributed by atoms with van der Waals surface area (Å²) in [6, 6.07) is 0. The summed E-state index contributed by atoms with van der Waals surface area (Å²) in [7, 11) is 0. The third-order valence-corrected chi connectivity index (χ3v) is 15.7. The van der Waals surface area contributed by atoms with Crippen LogP contribution in [0.25, 0.3) is 0 Å². The van der Waals surface area contributed by atoms with Gasteiger partial charge >= 0.3 is 18.0 Å². The lowest BCUT2D eigenvalue weighted by atomic mass is 9.32. The molecule has 0 aromatic heterocycles. The number of aliphatic carboxylic acids is 1. The van der Waals surface area contributed by atoms with E-state index >= 15 is 0 Å². The zero-order valence-electron chi connectivity index (χ0n) is 33.6. The molecule has 0 saturated heterocycles. The van der Waals surface area contributed by atoms with Gasteiger partial charge in [0.1, 0.15) is 11.7 Å². The van der Waals surface area contributed by atoms with Crippen molar-refractivity contribution in [2.75, 3.05) is 0 Å². The number of esters is 1. The highest BCUT2D eigenvalue weighted by Crippen LogP contribution is 2.77. The van der Waals surface area contributed by atoms with Crippen LogP contribution in [-0.4, -0.2) is 40.8 Å². The number of rotatable bonds is 7. The lowest BCUT2D eigenvalue weighted by Gasteiger charge is -2.72. The van der Waals surface area contributed by atoms with Gasteiger partial charge < -0.3 is 14.6 Å². The molecule has 0 radical (unpaired) electrons. The molecule has 0 aliphatic heterocycles. The van der Waals surface area contributed by atoms with Gasteiger partial charge in [-0.3, -0.25) is 19.8 Å². The quantitative estimate of drug-likeness (QED) is 0.136. The van der Waals surface area contributed by atoms with Gasteiger partial charge in [-0.25, -0.2) is 10.2 Å².